The van der Waals surface area contributed by atoms with Gasteiger partial charge in [-0.05, 0) is 0 Å². The first kappa shape index (κ1) is 23.8. The average molecular weight is 406 g/mol. The Morgan fingerprint density at radius 2 is 1.04 bits per heavy atom. The molecule has 0 radical (unpaired) electrons. The molecule has 0 spiro atoms. The average Bonchev–Trinajstić information content (AvgIpc) is 2.48. The van der Waals surface area contributed by atoms with Crippen LogP contribution in [0.1, 0.15) is 41.5 Å². The molecule has 0 aliphatic carbocycles. The third-order valence-electron chi connectivity index (χ3n) is 3.49. The molecule has 0 bridgehead atoms. The van der Waals surface area contributed by atoms with E-state index in [1.807, 2.05) is 0 Å². The minimum atomic E-state index is -1.01. The number of hydrogen-bond donors (Lipinski definition) is 0. The first-order valence-corrected chi connectivity index (χ1v) is 9.73. The fourth-order valence-electron chi connectivity index (χ4n) is 2.24. The summed E-state index contributed by atoms with van der Waals surface area (Å²) >= 11 is 0. The van der Waals surface area contributed by atoms with Crippen molar-refractivity contribution in [1.82, 2.24) is 0 Å². The van der Waals surface area contributed by atoms with Crippen LogP contribution in [0.2, 0.25) is 5.04 Å². The van der Waals surface area contributed by atoms with Crippen LogP contribution in [0.3, 0.4) is 0 Å². The van der Waals surface area contributed by atoms with Crippen LogP contribution in [0, 0.1) is 5.41 Å². The summed E-state index contributed by atoms with van der Waals surface area (Å²) in [6.45, 7) is 11.8. The van der Waals surface area contributed by atoms with Gasteiger partial charge in [0, 0.05) is 11.4 Å². The summed E-state index contributed by atoms with van der Waals surface area (Å²) in [7, 11) is -0.715. The smallest absolute Gasteiger partial charge is 0.550 e. The first-order chi connectivity index (χ1) is 11.0. The Morgan fingerprint density at radius 3 is 1.24 bits per heavy atom. The fourth-order valence-corrected chi connectivity index (χ4v) is 5.36. The molecule has 0 aliphatic heterocycles. The minimum Gasteiger partial charge on any atom is -0.550 e. The predicted octanol–water partition coefficient (Wildman–Crippen LogP) is 2.88. The second kappa shape index (κ2) is 10.0. The summed E-state index contributed by atoms with van der Waals surface area (Å²) in [4.78, 5) is 9.91. The Balaban J connectivity index is 0.000000620. The van der Waals surface area contributed by atoms with E-state index in [-0.39, 0.29) is 19.5 Å². The van der Waals surface area contributed by atoms with Gasteiger partial charge in [-0.15, -0.1) is 5.04 Å². The summed E-state index contributed by atoms with van der Waals surface area (Å²) in [5.74, 6) is -1.01. The predicted molar refractivity (Wildman–Crippen MR) is 102 cm³/mol. The van der Waals surface area contributed by atoms with Crippen molar-refractivity contribution in [3.05, 3.63) is 60.7 Å². The van der Waals surface area contributed by atoms with Gasteiger partial charge in [0.2, 0.25) is 0 Å². The summed E-state index contributed by atoms with van der Waals surface area (Å²) in [6.07, 6.45) is 0. The quantitative estimate of drug-likeness (QED) is 0.721. The van der Waals surface area contributed by atoms with Crippen LogP contribution >= 0.6 is 0 Å². The molecule has 0 atom stereocenters. The van der Waals surface area contributed by atoms with Gasteiger partial charge in [0.15, 0.2) is 0 Å². The third kappa shape index (κ3) is 8.11. The zero-order valence-corrected chi connectivity index (χ0v) is 20.3. The molecule has 0 heterocycles. The number of carboxylic acid groups (broad SMARTS) is 1. The van der Waals surface area contributed by atoms with Crippen molar-refractivity contribution in [1.29, 1.82) is 0 Å². The van der Waals surface area contributed by atoms with E-state index in [1.165, 1.54) is 10.4 Å². The molecule has 2 aromatic rings. The zero-order valence-electron chi connectivity index (χ0n) is 16.3. The van der Waals surface area contributed by atoms with E-state index in [0.717, 1.165) is 0 Å². The number of hydrogen-bond acceptors (Lipinski definition) is 2. The molecule has 25 heavy (non-hydrogen) atoms. The molecule has 0 saturated heterocycles. The molecule has 2 rings (SSSR count). The number of carboxylic acids is 1. The molecule has 0 aliphatic rings. The molecule has 2 nitrogen and oxygen atoms in total. The number of carbonyl (C=O) groups is 1. The van der Waals surface area contributed by atoms with Crippen molar-refractivity contribution < 1.29 is 29.4 Å². The van der Waals surface area contributed by atoms with Crippen molar-refractivity contribution in [2.75, 3.05) is 0 Å². The van der Waals surface area contributed by atoms with Crippen LogP contribution in [-0.4, -0.2) is 14.8 Å². The van der Waals surface area contributed by atoms with E-state index in [9.17, 15) is 9.90 Å². The van der Waals surface area contributed by atoms with Crippen LogP contribution in [0.15, 0.2) is 60.7 Å². The summed E-state index contributed by atoms with van der Waals surface area (Å²) < 4.78 is 0. The fraction of sp³-hybridized carbons (Fsp3) is 0.381. The number of carbonyl (C=O) groups excluding carboxylic acids is 1. The van der Waals surface area contributed by atoms with Crippen LogP contribution in [0.5, 0.6) is 0 Å². The Morgan fingerprint density at radius 1 is 0.760 bits per heavy atom. The molecule has 2 aromatic carbocycles. The van der Waals surface area contributed by atoms with Crippen molar-refractivity contribution in [2.45, 2.75) is 46.6 Å². The van der Waals surface area contributed by atoms with Crippen LogP contribution < -0.4 is 15.5 Å². The summed E-state index contributed by atoms with van der Waals surface area (Å²) in [5.41, 5.74) is -0.694. The van der Waals surface area contributed by atoms with Gasteiger partial charge >= 0.3 is 19.5 Å². The van der Waals surface area contributed by atoms with Crippen molar-refractivity contribution >= 4 is 25.1 Å². The molecule has 0 amide bonds. The topological polar surface area (TPSA) is 40.1 Å². The van der Waals surface area contributed by atoms with Gasteiger partial charge in [-0.3, -0.25) is 0 Å². The van der Waals surface area contributed by atoms with E-state index in [0.29, 0.717) is 5.04 Å². The molecular weight excluding hydrogens is 378 g/mol. The number of rotatable bonds is 2. The van der Waals surface area contributed by atoms with Crippen LogP contribution in [-0.2, 0) is 24.3 Å². The van der Waals surface area contributed by atoms with Gasteiger partial charge in [-0.25, -0.2) is 8.80 Å². The summed E-state index contributed by atoms with van der Waals surface area (Å²) in [6, 6.07) is 21.9. The first-order valence-electron chi connectivity index (χ1n) is 8.23. The van der Waals surface area contributed by atoms with Crippen molar-refractivity contribution in [3.63, 3.8) is 0 Å². The van der Waals surface area contributed by atoms with Crippen molar-refractivity contribution in [3.8, 4) is 0 Å². The Hall–Kier alpha value is -1.25. The zero-order chi connectivity index (χ0) is 18.4. The molecule has 130 valence electrons. The van der Waals surface area contributed by atoms with Gasteiger partial charge in [0.05, 0.1) is 0 Å². The normalized spacial score (nSPS) is 10.8. The van der Waals surface area contributed by atoms with E-state index >= 15 is 0 Å². The largest absolute Gasteiger partial charge is 2.00 e. The molecule has 0 aromatic heterocycles. The standard InChI is InChI=1S/C16H19Si.C5H10O2.Zn/c1-16(2,3)17(14-10-6-4-7-11-14)15-12-8-5-9-13-15;1-5(2,3)4(6)7;/h4-13H,1-3H3;1-3H3,(H,6,7);/q-1;;+2/p-1. The molecule has 4 heteroatoms. The van der Waals surface area contributed by atoms with Crippen LogP contribution in [0.4, 0.5) is 0 Å². The monoisotopic (exact) mass is 404 g/mol. The molecular formula is C21H28O2SiZn. The maximum absolute atomic E-state index is 9.91. The maximum Gasteiger partial charge on any atom is 2.00 e. The Bertz CT molecular complexity index is 589. The van der Waals surface area contributed by atoms with Gasteiger partial charge in [0.1, 0.15) is 0 Å². The Kier molecular flexibility index (Phi) is 9.53. The van der Waals surface area contributed by atoms with E-state index in [2.05, 4.69) is 81.4 Å². The van der Waals surface area contributed by atoms with E-state index in [4.69, 9.17) is 0 Å². The molecule has 0 fully saturated rings. The van der Waals surface area contributed by atoms with Gasteiger partial charge in [0.25, 0.3) is 0 Å². The molecule has 0 N–H and O–H groups in total. The maximum atomic E-state index is 9.91. The van der Waals surface area contributed by atoms with E-state index in [1.54, 1.807) is 20.8 Å². The van der Waals surface area contributed by atoms with Gasteiger partial charge < -0.3 is 9.90 Å². The third-order valence-corrected chi connectivity index (χ3v) is 6.81. The Labute approximate surface area is 167 Å². The SMILES string of the molecule is CC(C)(C)C(=O)[O-].CC(C)(C)[Si-](c1ccccc1)c1ccccc1.[Zn+2]. The van der Waals surface area contributed by atoms with E-state index < -0.39 is 20.2 Å². The molecule has 0 saturated carbocycles. The number of benzene rings is 2. The second-order valence-electron chi connectivity index (χ2n) is 7.89. The van der Waals surface area contributed by atoms with Crippen LogP contribution in [0.25, 0.3) is 0 Å². The second-order valence-corrected chi connectivity index (χ2v) is 11.3. The van der Waals surface area contributed by atoms with Gasteiger partial charge in [-0.1, -0.05) is 102 Å². The summed E-state index contributed by atoms with van der Waals surface area (Å²) in [5, 5.41) is 13.2. The molecule has 0 unspecified atom stereocenters. The number of aliphatic carboxylic acids is 1. The minimum absolute atomic E-state index is 0. The van der Waals surface area contributed by atoms with Gasteiger partial charge in [-0.2, -0.15) is 10.4 Å². The van der Waals surface area contributed by atoms with Crippen molar-refractivity contribution in [2.24, 2.45) is 5.41 Å².